The number of aryl methyl sites for hydroxylation is 1. The van der Waals surface area contributed by atoms with Crippen molar-refractivity contribution in [1.82, 2.24) is 19.4 Å². The second-order valence-electron chi connectivity index (χ2n) is 6.79. The molecule has 1 saturated heterocycles. The number of amides is 1. The van der Waals surface area contributed by atoms with Crippen molar-refractivity contribution in [3.8, 4) is 0 Å². The van der Waals surface area contributed by atoms with E-state index in [2.05, 4.69) is 9.82 Å². The number of ketones is 1. The Morgan fingerprint density at radius 3 is 2.64 bits per heavy atom. The maximum atomic E-state index is 12.5. The number of nitrogens with zero attached hydrogens (tertiary/aromatic N) is 3. The van der Waals surface area contributed by atoms with Crippen LogP contribution in [-0.4, -0.2) is 54.4 Å². The van der Waals surface area contributed by atoms with Crippen LogP contribution in [0, 0.1) is 5.92 Å². The summed E-state index contributed by atoms with van der Waals surface area (Å²) in [5.41, 5.74) is 0.600. The number of sulfonamides is 1. The number of aromatic nitrogens is 2. The Bertz CT molecular complexity index is 913. The van der Waals surface area contributed by atoms with Crippen molar-refractivity contribution >= 4 is 33.1 Å². The lowest BCUT2D eigenvalue weighted by molar-refractivity contribution is -0.132. The molecule has 0 unspecified atom stereocenters. The van der Waals surface area contributed by atoms with Gasteiger partial charge in [0.05, 0.1) is 0 Å². The quantitative estimate of drug-likeness (QED) is 0.513. The van der Waals surface area contributed by atoms with Crippen LogP contribution < -0.4 is 4.72 Å². The fourth-order valence-corrected chi connectivity index (χ4v) is 5.42. The number of likely N-dealkylation sites (tertiary alicyclic amines) is 1. The van der Waals surface area contributed by atoms with Crippen LogP contribution in [0.25, 0.3) is 0 Å². The molecule has 2 aromatic heterocycles. The van der Waals surface area contributed by atoms with Crippen LogP contribution in [0.1, 0.15) is 36.2 Å². The molecule has 0 spiro atoms. The van der Waals surface area contributed by atoms with E-state index >= 15 is 0 Å². The molecule has 1 N–H and O–H groups in total. The SMILES string of the molecule is Cn1nccc1C(=O)C1CCN(C(=O)CCCNS(=O)(=O)c2cccs2)CC1. The van der Waals surface area contributed by atoms with Gasteiger partial charge in [-0.2, -0.15) is 5.10 Å². The van der Waals surface area contributed by atoms with Crippen LogP contribution >= 0.6 is 11.3 Å². The van der Waals surface area contributed by atoms with Gasteiger partial charge in [-0.05, 0) is 36.8 Å². The first-order valence-corrected chi connectivity index (χ1v) is 11.6. The Morgan fingerprint density at radius 2 is 2.04 bits per heavy atom. The van der Waals surface area contributed by atoms with Gasteiger partial charge in [0, 0.05) is 45.2 Å². The molecule has 1 fully saturated rings. The average molecular weight is 425 g/mol. The fourth-order valence-electron chi connectivity index (χ4n) is 3.31. The predicted octanol–water partition coefficient (Wildman–Crippen LogP) is 1.66. The summed E-state index contributed by atoms with van der Waals surface area (Å²) in [7, 11) is -1.73. The van der Waals surface area contributed by atoms with Gasteiger partial charge >= 0.3 is 0 Å². The maximum absolute atomic E-state index is 12.5. The van der Waals surface area contributed by atoms with Crippen molar-refractivity contribution in [2.75, 3.05) is 19.6 Å². The first-order chi connectivity index (χ1) is 13.4. The summed E-state index contributed by atoms with van der Waals surface area (Å²) >= 11 is 1.16. The summed E-state index contributed by atoms with van der Waals surface area (Å²) in [6.45, 7) is 1.32. The lowest BCUT2D eigenvalue weighted by Crippen LogP contribution is -2.40. The van der Waals surface area contributed by atoms with Gasteiger partial charge in [-0.25, -0.2) is 13.1 Å². The van der Waals surface area contributed by atoms with Gasteiger partial charge in [0.25, 0.3) is 0 Å². The zero-order valence-electron chi connectivity index (χ0n) is 15.7. The van der Waals surface area contributed by atoms with Crippen LogP contribution in [0.2, 0.25) is 0 Å². The molecule has 2 aromatic rings. The van der Waals surface area contributed by atoms with Crippen molar-refractivity contribution in [2.24, 2.45) is 13.0 Å². The standard InChI is InChI=1S/C18H24N4O4S2/c1-21-15(6-10-19-21)18(24)14-7-11-22(12-8-14)16(23)4-2-9-20-28(25,26)17-5-3-13-27-17/h3,5-6,10,13-14,20H,2,4,7-9,11-12H2,1H3. The summed E-state index contributed by atoms with van der Waals surface area (Å²) in [5, 5.41) is 5.74. The van der Waals surface area contributed by atoms with Gasteiger partial charge in [-0.3, -0.25) is 14.3 Å². The molecular weight excluding hydrogens is 400 g/mol. The van der Waals surface area contributed by atoms with E-state index in [1.165, 1.54) is 0 Å². The molecule has 8 nitrogen and oxygen atoms in total. The predicted molar refractivity (Wildman–Crippen MR) is 106 cm³/mol. The van der Waals surface area contributed by atoms with Gasteiger partial charge in [0.1, 0.15) is 9.90 Å². The molecule has 0 saturated carbocycles. The Kier molecular flexibility index (Phi) is 6.63. The molecule has 3 rings (SSSR count). The molecule has 1 amide bonds. The van der Waals surface area contributed by atoms with E-state index < -0.39 is 10.0 Å². The number of carbonyl (C=O) groups excluding carboxylic acids is 2. The van der Waals surface area contributed by atoms with Gasteiger partial charge < -0.3 is 4.90 Å². The van der Waals surface area contributed by atoms with Gasteiger partial charge in [-0.15, -0.1) is 11.3 Å². The lowest BCUT2D eigenvalue weighted by atomic mass is 9.90. The van der Waals surface area contributed by atoms with Gasteiger partial charge in [0.15, 0.2) is 5.78 Å². The minimum Gasteiger partial charge on any atom is -0.343 e. The van der Waals surface area contributed by atoms with Crippen molar-refractivity contribution in [3.05, 3.63) is 35.5 Å². The van der Waals surface area contributed by atoms with Crippen molar-refractivity contribution < 1.29 is 18.0 Å². The highest BCUT2D eigenvalue weighted by atomic mass is 32.2. The maximum Gasteiger partial charge on any atom is 0.250 e. The minimum absolute atomic E-state index is 0.00162. The number of hydrogen-bond donors (Lipinski definition) is 1. The third-order valence-electron chi connectivity index (χ3n) is 4.91. The summed E-state index contributed by atoms with van der Waals surface area (Å²) in [5.74, 6) is -0.00566. The van der Waals surface area contributed by atoms with Crippen molar-refractivity contribution in [1.29, 1.82) is 0 Å². The highest BCUT2D eigenvalue weighted by Crippen LogP contribution is 2.22. The number of Topliss-reactive ketones (excluding diaryl/α,β-unsaturated/α-hetero) is 1. The monoisotopic (exact) mass is 424 g/mol. The third kappa shape index (κ3) is 4.86. The Hall–Kier alpha value is -2.04. The highest BCUT2D eigenvalue weighted by molar-refractivity contribution is 7.91. The molecule has 3 heterocycles. The molecule has 0 radical (unpaired) electrons. The van der Waals surface area contributed by atoms with Crippen LogP contribution in [0.3, 0.4) is 0 Å². The van der Waals surface area contributed by atoms with E-state index in [1.54, 1.807) is 46.4 Å². The molecule has 10 heteroatoms. The average Bonchev–Trinajstić information content (AvgIpc) is 3.37. The molecule has 0 aromatic carbocycles. The van der Waals surface area contributed by atoms with Crippen molar-refractivity contribution in [3.63, 3.8) is 0 Å². The summed E-state index contributed by atoms with van der Waals surface area (Å²) in [6.07, 6.45) is 3.62. The summed E-state index contributed by atoms with van der Waals surface area (Å²) < 4.78 is 28.4. The second kappa shape index (κ2) is 8.97. The van der Waals surface area contributed by atoms with E-state index in [1.807, 2.05) is 0 Å². The topological polar surface area (TPSA) is 101 Å². The van der Waals surface area contributed by atoms with E-state index in [-0.39, 0.29) is 34.8 Å². The van der Waals surface area contributed by atoms with E-state index in [4.69, 9.17) is 0 Å². The zero-order valence-corrected chi connectivity index (χ0v) is 17.3. The lowest BCUT2D eigenvalue weighted by Gasteiger charge is -2.31. The van der Waals surface area contributed by atoms with Crippen molar-refractivity contribution in [2.45, 2.75) is 29.9 Å². The molecule has 28 heavy (non-hydrogen) atoms. The minimum atomic E-state index is -3.48. The van der Waals surface area contributed by atoms with Crippen LogP contribution in [-0.2, 0) is 21.9 Å². The van der Waals surface area contributed by atoms with Gasteiger partial charge in [0.2, 0.25) is 15.9 Å². The Balaban J connectivity index is 1.39. The molecule has 0 aliphatic carbocycles. The zero-order chi connectivity index (χ0) is 20.1. The summed E-state index contributed by atoms with van der Waals surface area (Å²) in [4.78, 5) is 26.7. The van der Waals surface area contributed by atoms with E-state index in [0.29, 0.717) is 38.0 Å². The summed E-state index contributed by atoms with van der Waals surface area (Å²) in [6, 6.07) is 4.96. The van der Waals surface area contributed by atoms with Gasteiger partial charge in [-0.1, -0.05) is 6.07 Å². The first kappa shape index (κ1) is 20.7. The normalized spacial score (nSPS) is 15.7. The molecule has 0 atom stereocenters. The first-order valence-electron chi connectivity index (χ1n) is 9.21. The molecule has 152 valence electrons. The fraction of sp³-hybridized carbons (Fsp3) is 0.500. The largest absolute Gasteiger partial charge is 0.343 e. The number of carbonyl (C=O) groups is 2. The smallest absolute Gasteiger partial charge is 0.250 e. The highest BCUT2D eigenvalue weighted by Gasteiger charge is 2.29. The number of rotatable bonds is 8. The molecular formula is C18H24N4O4S2. The van der Waals surface area contributed by atoms with E-state index in [0.717, 1.165) is 11.3 Å². The molecule has 1 aliphatic heterocycles. The number of thiophene rings is 1. The Morgan fingerprint density at radius 1 is 1.29 bits per heavy atom. The van der Waals surface area contributed by atoms with Crippen LogP contribution in [0.5, 0.6) is 0 Å². The number of hydrogen-bond acceptors (Lipinski definition) is 6. The van der Waals surface area contributed by atoms with Crippen LogP contribution in [0.15, 0.2) is 34.0 Å². The Labute approximate surface area is 168 Å². The third-order valence-corrected chi connectivity index (χ3v) is 7.77. The molecule has 1 aliphatic rings. The second-order valence-corrected chi connectivity index (χ2v) is 9.73. The van der Waals surface area contributed by atoms with Crippen LogP contribution in [0.4, 0.5) is 0 Å². The number of nitrogens with one attached hydrogen (secondary N) is 1. The van der Waals surface area contributed by atoms with E-state index in [9.17, 15) is 18.0 Å². The number of piperidine rings is 1. The molecule has 0 bridgehead atoms.